The van der Waals surface area contributed by atoms with Gasteiger partial charge in [0.25, 0.3) is 0 Å². The van der Waals surface area contributed by atoms with Crippen LogP contribution in [0.15, 0.2) is 34.2 Å². The van der Waals surface area contributed by atoms with Gasteiger partial charge in [-0.3, -0.25) is 9.89 Å². The Balaban J connectivity index is 1.57. The second-order valence-corrected chi connectivity index (χ2v) is 7.96. The third kappa shape index (κ3) is 8.68. The molecule has 1 saturated heterocycles. The zero-order chi connectivity index (χ0) is 20.4. The molecule has 0 saturated carbocycles. The van der Waals surface area contributed by atoms with E-state index in [0.29, 0.717) is 42.2 Å². The average molecular weight is 421 g/mol. The molecule has 1 fully saturated rings. The first kappa shape index (κ1) is 22.8. The molecule has 9 heteroatoms. The van der Waals surface area contributed by atoms with Gasteiger partial charge in [0.05, 0.1) is 6.54 Å². The normalized spacial score (nSPS) is 17.0. The molecular weight excluding hydrogens is 392 g/mol. The SMILES string of the molecule is CN=C(NCCSc1ccccc1F)NCCC1CCN(CC(F)(F)F)CC1. The van der Waals surface area contributed by atoms with Crippen LogP contribution in [-0.4, -0.2) is 62.6 Å². The highest BCUT2D eigenvalue weighted by atomic mass is 32.2. The van der Waals surface area contributed by atoms with Crippen molar-refractivity contribution in [1.29, 1.82) is 0 Å². The molecule has 0 aromatic heterocycles. The van der Waals surface area contributed by atoms with Gasteiger partial charge in [0.15, 0.2) is 5.96 Å². The first-order chi connectivity index (χ1) is 13.4. The smallest absolute Gasteiger partial charge is 0.356 e. The van der Waals surface area contributed by atoms with Crippen LogP contribution in [0.1, 0.15) is 19.3 Å². The Kier molecular flexibility index (Phi) is 9.37. The molecule has 2 rings (SSSR count). The van der Waals surface area contributed by atoms with Gasteiger partial charge in [0.2, 0.25) is 0 Å². The van der Waals surface area contributed by atoms with Gasteiger partial charge in [0.1, 0.15) is 5.82 Å². The van der Waals surface area contributed by atoms with Gasteiger partial charge in [-0.2, -0.15) is 13.2 Å². The van der Waals surface area contributed by atoms with Gasteiger partial charge in [0, 0.05) is 30.8 Å². The molecule has 28 heavy (non-hydrogen) atoms. The highest BCUT2D eigenvalue weighted by Crippen LogP contribution is 2.24. The van der Waals surface area contributed by atoms with Crippen LogP contribution in [0.5, 0.6) is 0 Å². The van der Waals surface area contributed by atoms with E-state index in [0.717, 1.165) is 25.8 Å². The number of rotatable bonds is 8. The Labute approximate surface area is 168 Å². The maximum absolute atomic E-state index is 13.6. The van der Waals surface area contributed by atoms with Crippen LogP contribution in [0.25, 0.3) is 0 Å². The number of aliphatic imine (C=N–C) groups is 1. The van der Waals surface area contributed by atoms with E-state index in [2.05, 4.69) is 15.6 Å². The molecule has 1 aliphatic heterocycles. The zero-order valence-electron chi connectivity index (χ0n) is 16.1. The maximum atomic E-state index is 13.6. The van der Waals surface area contributed by atoms with Crippen molar-refractivity contribution < 1.29 is 17.6 Å². The number of benzene rings is 1. The number of thioether (sulfide) groups is 1. The molecule has 2 N–H and O–H groups in total. The molecule has 0 amide bonds. The molecule has 0 bridgehead atoms. The minimum absolute atomic E-state index is 0.212. The molecule has 1 aromatic rings. The van der Waals surface area contributed by atoms with Crippen molar-refractivity contribution >= 4 is 17.7 Å². The lowest BCUT2D eigenvalue weighted by molar-refractivity contribution is -0.148. The molecule has 0 spiro atoms. The Hall–Kier alpha value is -1.48. The fourth-order valence-corrected chi connectivity index (χ4v) is 4.00. The number of nitrogens with one attached hydrogen (secondary N) is 2. The maximum Gasteiger partial charge on any atom is 0.401 e. The number of piperidine rings is 1. The fourth-order valence-electron chi connectivity index (χ4n) is 3.19. The molecule has 0 unspecified atom stereocenters. The number of hydrogen-bond donors (Lipinski definition) is 2. The van der Waals surface area contributed by atoms with E-state index in [1.54, 1.807) is 19.2 Å². The highest BCUT2D eigenvalue weighted by molar-refractivity contribution is 7.99. The lowest BCUT2D eigenvalue weighted by atomic mass is 9.93. The number of halogens is 4. The molecule has 4 nitrogen and oxygen atoms in total. The van der Waals surface area contributed by atoms with Crippen LogP contribution >= 0.6 is 11.8 Å². The Morgan fingerprint density at radius 3 is 2.50 bits per heavy atom. The van der Waals surface area contributed by atoms with E-state index in [9.17, 15) is 17.6 Å². The van der Waals surface area contributed by atoms with Crippen molar-refractivity contribution in [2.45, 2.75) is 30.3 Å². The summed E-state index contributed by atoms with van der Waals surface area (Å²) >= 11 is 1.45. The summed E-state index contributed by atoms with van der Waals surface area (Å²) in [5.41, 5.74) is 0. The molecular formula is C19H28F4N4S. The minimum Gasteiger partial charge on any atom is -0.356 e. The molecule has 1 heterocycles. The summed E-state index contributed by atoms with van der Waals surface area (Å²) in [6.45, 7) is 1.58. The predicted octanol–water partition coefficient (Wildman–Crippen LogP) is 3.75. The average Bonchev–Trinajstić information content (AvgIpc) is 2.65. The molecule has 0 atom stereocenters. The monoisotopic (exact) mass is 420 g/mol. The van der Waals surface area contributed by atoms with E-state index in [1.807, 2.05) is 6.07 Å². The second-order valence-electron chi connectivity index (χ2n) is 6.83. The summed E-state index contributed by atoms with van der Waals surface area (Å²) < 4.78 is 50.8. The van der Waals surface area contributed by atoms with Crippen molar-refractivity contribution in [1.82, 2.24) is 15.5 Å². The van der Waals surface area contributed by atoms with Gasteiger partial charge < -0.3 is 10.6 Å². The Morgan fingerprint density at radius 2 is 1.86 bits per heavy atom. The predicted molar refractivity (Wildman–Crippen MR) is 106 cm³/mol. The van der Waals surface area contributed by atoms with Crippen LogP contribution in [0.2, 0.25) is 0 Å². The van der Waals surface area contributed by atoms with Crippen LogP contribution in [0.4, 0.5) is 17.6 Å². The topological polar surface area (TPSA) is 39.7 Å². The zero-order valence-corrected chi connectivity index (χ0v) is 16.9. The summed E-state index contributed by atoms with van der Waals surface area (Å²) in [6.07, 6.45) is -1.62. The summed E-state index contributed by atoms with van der Waals surface area (Å²) in [6, 6.07) is 6.69. The van der Waals surface area contributed by atoms with Crippen LogP contribution in [-0.2, 0) is 0 Å². The summed E-state index contributed by atoms with van der Waals surface area (Å²) in [4.78, 5) is 6.28. The second kappa shape index (κ2) is 11.5. The Bertz CT molecular complexity index is 616. The number of hydrogen-bond acceptors (Lipinski definition) is 3. The van der Waals surface area contributed by atoms with E-state index < -0.39 is 12.7 Å². The number of nitrogens with zero attached hydrogens (tertiary/aromatic N) is 2. The third-order valence-electron chi connectivity index (χ3n) is 4.67. The standard InChI is InChI=1S/C19H28F4N4S/c1-24-18(26-10-13-28-17-5-3-2-4-16(17)20)25-9-6-15-7-11-27(12-8-15)14-19(21,22)23/h2-5,15H,6-14H2,1H3,(H2,24,25,26). The van der Waals surface area contributed by atoms with Crippen molar-refractivity contribution in [2.75, 3.05) is 45.5 Å². The first-order valence-corrected chi connectivity index (χ1v) is 10.5. The largest absolute Gasteiger partial charge is 0.401 e. The summed E-state index contributed by atoms with van der Waals surface area (Å²) in [5.74, 6) is 1.62. The van der Waals surface area contributed by atoms with Gasteiger partial charge in [-0.15, -0.1) is 11.8 Å². The molecule has 1 aliphatic rings. The van der Waals surface area contributed by atoms with Gasteiger partial charge in [-0.1, -0.05) is 12.1 Å². The van der Waals surface area contributed by atoms with Gasteiger partial charge in [-0.05, 0) is 50.4 Å². The first-order valence-electron chi connectivity index (χ1n) is 9.48. The lowest BCUT2D eigenvalue weighted by Crippen LogP contribution is -2.42. The van der Waals surface area contributed by atoms with Crippen molar-refractivity contribution in [2.24, 2.45) is 10.9 Å². The number of alkyl halides is 3. The van der Waals surface area contributed by atoms with Crippen LogP contribution in [0.3, 0.4) is 0 Å². The molecule has 1 aromatic carbocycles. The third-order valence-corrected chi connectivity index (χ3v) is 5.72. The van der Waals surface area contributed by atoms with Crippen LogP contribution < -0.4 is 10.6 Å². The Morgan fingerprint density at radius 1 is 1.18 bits per heavy atom. The van der Waals surface area contributed by atoms with Gasteiger partial charge >= 0.3 is 6.18 Å². The fraction of sp³-hybridized carbons (Fsp3) is 0.632. The van der Waals surface area contributed by atoms with E-state index >= 15 is 0 Å². The number of guanidine groups is 1. The summed E-state index contributed by atoms with van der Waals surface area (Å²) in [5, 5.41) is 6.43. The van der Waals surface area contributed by atoms with Crippen molar-refractivity contribution in [3.8, 4) is 0 Å². The summed E-state index contributed by atoms with van der Waals surface area (Å²) in [7, 11) is 1.69. The van der Waals surface area contributed by atoms with E-state index in [4.69, 9.17) is 0 Å². The van der Waals surface area contributed by atoms with Gasteiger partial charge in [-0.25, -0.2) is 4.39 Å². The number of likely N-dealkylation sites (tertiary alicyclic amines) is 1. The molecule has 0 radical (unpaired) electrons. The lowest BCUT2D eigenvalue weighted by Gasteiger charge is -2.32. The highest BCUT2D eigenvalue weighted by Gasteiger charge is 2.32. The van der Waals surface area contributed by atoms with E-state index in [1.165, 1.54) is 22.7 Å². The molecule has 0 aliphatic carbocycles. The van der Waals surface area contributed by atoms with Crippen LogP contribution in [0, 0.1) is 11.7 Å². The van der Waals surface area contributed by atoms with Crippen molar-refractivity contribution in [3.63, 3.8) is 0 Å². The molecule has 158 valence electrons. The minimum atomic E-state index is -4.11. The quantitative estimate of drug-likeness (QED) is 0.221. The van der Waals surface area contributed by atoms with E-state index in [-0.39, 0.29) is 5.82 Å². The van der Waals surface area contributed by atoms with Crippen molar-refractivity contribution in [3.05, 3.63) is 30.1 Å².